The van der Waals surface area contributed by atoms with Gasteiger partial charge in [0.05, 0.1) is 33.9 Å². The molecule has 1 N–H and O–H groups in total. The van der Waals surface area contributed by atoms with Crippen LogP contribution in [-0.2, 0) is 11.3 Å². The Morgan fingerprint density at radius 3 is 3.03 bits per heavy atom. The maximum Gasteiger partial charge on any atom is 0.225 e. The molecule has 0 saturated carbocycles. The van der Waals surface area contributed by atoms with Crippen molar-refractivity contribution >= 4 is 44.2 Å². The maximum atomic E-state index is 14.1. The molecular formula is C26H24FN7OS. The number of fused-ring (bicyclic) bond motifs is 2. The van der Waals surface area contributed by atoms with Gasteiger partial charge in [-0.15, -0.1) is 16.4 Å². The Morgan fingerprint density at radius 1 is 1.22 bits per heavy atom. The Balaban J connectivity index is 1.19. The third-order valence-electron chi connectivity index (χ3n) is 6.65. The van der Waals surface area contributed by atoms with E-state index < -0.39 is 0 Å². The summed E-state index contributed by atoms with van der Waals surface area (Å²) in [6.07, 6.45) is 6.86. The molecule has 0 aliphatic carbocycles. The van der Waals surface area contributed by atoms with Gasteiger partial charge in [0.2, 0.25) is 5.91 Å². The lowest BCUT2D eigenvalue weighted by atomic mass is 9.97. The summed E-state index contributed by atoms with van der Waals surface area (Å²) in [5, 5.41) is 11.5. The minimum atomic E-state index is -0.284. The van der Waals surface area contributed by atoms with Gasteiger partial charge in [-0.2, -0.15) is 0 Å². The highest BCUT2D eigenvalue weighted by atomic mass is 32.1. The number of aryl methyl sites for hydroxylation is 1. The van der Waals surface area contributed by atoms with Crippen LogP contribution in [0.3, 0.4) is 0 Å². The van der Waals surface area contributed by atoms with Crippen molar-refractivity contribution in [3.05, 3.63) is 71.5 Å². The van der Waals surface area contributed by atoms with Crippen LogP contribution in [-0.4, -0.2) is 43.7 Å². The second kappa shape index (κ2) is 9.27. The summed E-state index contributed by atoms with van der Waals surface area (Å²) in [4.78, 5) is 28.4. The standard InChI is InChI=1S/C26H24FN7OS/c1-16-4-5-20(10-22(16)27)34-14-21-24(32-34)30-15-31-25(21)33-7-2-3-18(13-33)26(35)29-11-19-9-17-6-8-36-23(17)12-28-19/h4-6,8-10,12,14-15,18H,2-3,7,11,13H2,1H3,(H,29,35)/t18-/m0/s1. The number of anilines is 1. The predicted molar refractivity (Wildman–Crippen MR) is 138 cm³/mol. The van der Waals surface area contributed by atoms with E-state index >= 15 is 0 Å². The summed E-state index contributed by atoms with van der Waals surface area (Å²) in [7, 11) is 0. The molecule has 0 radical (unpaired) electrons. The molecule has 182 valence electrons. The van der Waals surface area contributed by atoms with Crippen LogP contribution in [0.5, 0.6) is 0 Å². The number of halogens is 1. The largest absolute Gasteiger partial charge is 0.355 e. The number of hydrogen-bond acceptors (Lipinski definition) is 7. The van der Waals surface area contributed by atoms with Crippen LogP contribution in [0, 0.1) is 18.7 Å². The van der Waals surface area contributed by atoms with Crippen molar-refractivity contribution < 1.29 is 9.18 Å². The first kappa shape index (κ1) is 22.5. The Hall–Kier alpha value is -3.92. The third kappa shape index (κ3) is 4.28. The fourth-order valence-corrected chi connectivity index (χ4v) is 5.39. The van der Waals surface area contributed by atoms with E-state index in [1.165, 1.54) is 12.4 Å². The zero-order valence-corrected chi connectivity index (χ0v) is 20.5. The van der Waals surface area contributed by atoms with E-state index in [1.54, 1.807) is 29.0 Å². The summed E-state index contributed by atoms with van der Waals surface area (Å²) in [6.45, 7) is 3.47. The summed E-state index contributed by atoms with van der Waals surface area (Å²) in [6, 6.07) is 9.09. The number of nitrogens with one attached hydrogen (secondary N) is 1. The molecule has 0 unspecified atom stereocenters. The molecule has 5 heterocycles. The number of carbonyl (C=O) groups excluding carboxylic acids is 1. The topological polar surface area (TPSA) is 88.8 Å². The quantitative estimate of drug-likeness (QED) is 0.384. The van der Waals surface area contributed by atoms with Gasteiger partial charge in [-0.25, -0.2) is 19.0 Å². The first-order valence-corrected chi connectivity index (χ1v) is 12.7. The van der Waals surface area contributed by atoms with Crippen molar-refractivity contribution in [3.63, 3.8) is 0 Å². The van der Waals surface area contributed by atoms with E-state index in [1.807, 2.05) is 29.9 Å². The molecule has 36 heavy (non-hydrogen) atoms. The Labute approximate surface area is 210 Å². The number of carbonyl (C=O) groups is 1. The van der Waals surface area contributed by atoms with Gasteiger partial charge < -0.3 is 10.2 Å². The third-order valence-corrected chi connectivity index (χ3v) is 7.52. The molecule has 0 spiro atoms. The van der Waals surface area contributed by atoms with Crippen LogP contribution in [0.1, 0.15) is 24.1 Å². The molecule has 1 saturated heterocycles. The van der Waals surface area contributed by atoms with Gasteiger partial charge >= 0.3 is 0 Å². The van der Waals surface area contributed by atoms with Crippen molar-refractivity contribution in [2.45, 2.75) is 26.3 Å². The number of nitrogens with zero attached hydrogens (tertiary/aromatic N) is 6. The maximum absolute atomic E-state index is 14.1. The van der Waals surface area contributed by atoms with Crippen LogP contribution in [0.4, 0.5) is 10.2 Å². The molecule has 8 nitrogen and oxygen atoms in total. The molecule has 4 aromatic heterocycles. The van der Waals surface area contributed by atoms with E-state index in [4.69, 9.17) is 0 Å². The van der Waals surface area contributed by atoms with Crippen LogP contribution in [0.25, 0.3) is 26.8 Å². The van der Waals surface area contributed by atoms with Crippen LogP contribution in [0.15, 0.2) is 54.4 Å². The molecule has 1 aliphatic rings. The highest BCUT2D eigenvalue weighted by molar-refractivity contribution is 7.17. The van der Waals surface area contributed by atoms with Crippen molar-refractivity contribution in [1.29, 1.82) is 0 Å². The first-order valence-electron chi connectivity index (χ1n) is 11.9. The van der Waals surface area contributed by atoms with Gasteiger partial charge in [0, 0.05) is 25.5 Å². The van der Waals surface area contributed by atoms with Gasteiger partial charge in [-0.1, -0.05) is 6.07 Å². The highest BCUT2D eigenvalue weighted by Gasteiger charge is 2.28. The molecule has 6 rings (SSSR count). The highest BCUT2D eigenvalue weighted by Crippen LogP contribution is 2.28. The molecule has 1 fully saturated rings. The van der Waals surface area contributed by atoms with Crippen molar-refractivity contribution in [3.8, 4) is 5.69 Å². The SMILES string of the molecule is Cc1ccc(-n2cc3c(N4CCC[C@H](C(=O)NCc5cc6ccsc6cn5)C4)ncnc3n2)cc1F. The van der Waals surface area contributed by atoms with E-state index in [0.29, 0.717) is 30.0 Å². The Kier molecular flexibility index (Phi) is 5.80. The van der Waals surface area contributed by atoms with Crippen LogP contribution in [0.2, 0.25) is 0 Å². The van der Waals surface area contributed by atoms with Gasteiger partial charge in [0.25, 0.3) is 0 Å². The van der Waals surface area contributed by atoms with Gasteiger partial charge in [-0.05, 0) is 60.4 Å². The fourth-order valence-electron chi connectivity index (χ4n) is 4.65. The van der Waals surface area contributed by atoms with E-state index in [9.17, 15) is 9.18 Å². The molecule has 1 aromatic carbocycles. The molecule has 10 heteroatoms. The number of amides is 1. The summed E-state index contributed by atoms with van der Waals surface area (Å²) in [5.74, 6) is 0.313. The monoisotopic (exact) mass is 501 g/mol. The summed E-state index contributed by atoms with van der Waals surface area (Å²) in [5.41, 5.74) is 2.57. The average Bonchev–Trinajstić information content (AvgIpc) is 3.55. The predicted octanol–water partition coefficient (Wildman–Crippen LogP) is 4.41. The molecule has 1 atom stereocenters. The van der Waals surface area contributed by atoms with E-state index in [2.05, 4.69) is 36.3 Å². The second-order valence-electron chi connectivity index (χ2n) is 9.08. The van der Waals surface area contributed by atoms with Crippen molar-refractivity contribution in [2.75, 3.05) is 18.0 Å². The van der Waals surface area contributed by atoms with Crippen LogP contribution >= 0.6 is 11.3 Å². The molecule has 0 bridgehead atoms. The van der Waals surface area contributed by atoms with Gasteiger partial charge in [0.1, 0.15) is 18.0 Å². The molecular weight excluding hydrogens is 477 g/mol. The zero-order chi connectivity index (χ0) is 24.6. The summed E-state index contributed by atoms with van der Waals surface area (Å²) >= 11 is 1.65. The van der Waals surface area contributed by atoms with Crippen molar-refractivity contribution in [1.82, 2.24) is 30.0 Å². The van der Waals surface area contributed by atoms with E-state index in [0.717, 1.165) is 46.4 Å². The number of hydrogen-bond donors (Lipinski definition) is 1. The number of benzene rings is 1. The Bertz CT molecular complexity index is 1580. The normalized spacial score (nSPS) is 16.1. The zero-order valence-electron chi connectivity index (χ0n) is 19.7. The minimum Gasteiger partial charge on any atom is -0.355 e. The van der Waals surface area contributed by atoms with Gasteiger partial charge in [0.15, 0.2) is 5.65 Å². The lowest BCUT2D eigenvalue weighted by Gasteiger charge is -2.33. The minimum absolute atomic E-state index is 0.0167. The smallest absolute Gasteiger partial charge is 0.225 e. The van der Waals surface area contributed by atoms with E-state index in [-0.39, 0.29) is 17.6 Å². The van der Waals surface area contributed by atoms with Crippen LogP contribution < -0.4 is 10.2 Å². The molecule has 5 aromatic rings. The number of pyridine rings is 1. The average molecular weight is 502 g/mol. The molecule has 1 aliphatic heterocycles. The number of thiophene rings is 1. The summed E-state index contributed by atoms with van der Waals surface area (Å²) < 4.78 is 16.9. The number of rotatable bonds is 5. The number of aromatic nitrogens is 5. The lowest BCUT2D eigenvalue weighted by Crippen LogP contribution is -2.43. The van der Waals surface area contributed by atoms with Crippen molar-refractivity contribution in [2.24, 2.45) is 5.92 Å². The Morgan fingerprint density at radius 2 is 2.14 bits per heavy atom. The lowest BCUT2D eigenvalue weighted by molar-refractivity contribution is -0.125. The second-order valence-corrected chi connectivity index (χ2v) is 10.0. The molecule has 1 amide bonds. The number of piperidine rings is 1. The van der Waals surface area contributed by atoms with Gasteiger partial charge in [-0.3, -0.25) is 9.78 Å². The fraction of sp³-hybridized carbons (Fsp3) is 0.269. The first-order chi connectivity index (χ1) is 17.5.